The minimum absolute atomic E-state index is 0.0694. The highest BCUT2D eigenvalue weighted by atomic mass is 16.4. The van der Waals surface area contributed by atoms with Crippen LogP contribution in [-0.4, -0.2) is 43.3 Å². The summed E-state index contributed by atoms with van der Waals surface area (Å²) >= 11 is 0. The molecule has 0 radical (unpaired) electrons. The van der Waals surface area contributed by atoms with Gasteiger partial charge < -0.3 is 19.6 Å². The molecule has 0 aromatic heterocycles. The highest BCUT2D eigenvalue weighted by molar-refractivity contribution is 5.65. The summed E-state index contributed by atoms with van der Waals surface area (Å²) in [6.07, 6.45) is 0. The molecule has 0 unspecified atom stereocenters. The average Bonchev–Trinajstić information content (AvgIpc) is 1.64. The summed E-state index contributed by atoms with van der Waals surface area (Å²) in [6.45, 7) is 0.0694. The second kappa shape index (κ2) is 5.16. The molecule has 0 aliphatic carbocycles. The molecule has 3 N–H and O–H groups in total. The zero-order valence-corrected chi connectivity index (χ0v) is 6.50. The van der Waals surface area contributed by atoms with Crippen LogP contribution < -0.4 is 11.0 Å². The van der Waals surface area contributed by atoms with E-state index < -0.39 is 5.97 Å². The van der Waals surface area contributed by atoms with Crippen molar-refractivity contribution in [3.05, 3.63) is 0 Å². The molecule has 0 aromatic carbocycles. The van der Waals surface area contributed by atoms with Crippen LogP contribution in [0.1, 0.15) is 0 Å². The van der Waals surface area contributed by atoms with Crippen LogP contribution in [0.15, 0.2) is 0 Å². The lowest BCUT2D eigenvalue weighted by atomic mass is 10.5. The summed E-state index contributed by atoms with van der Waals surface area (Å²) in [5.41, 5.74) is 0. The first-order valence-electron chi connectivity index (χ1n) is 2.68. The fraction of sp³-hybridized carbons (Fsp3) is 0.800. The van der Waals surface area contributed by atoms with Crippen LogP contribution in [0.4, 0.5) is 0 Å². The van der Waals surface area contributed by atoms with Gasteiger partial charge in [0.1, 0.15) is 6.54 Å². The van der Waals surface area contributed by atoms with Gasteiger partial charge in [-0.05, 0) is 0 Å². The average molecular weight is 150 g/mol. The van der Waals surface area contributed by atoms with E-state index in [1.165, 1.54) is 0 Å². The summed E-state index contributed by atoms with van der Waals surface area (Å²) in [7, 11) is 5.40. The van der Waals surface area contributed by atoms with E-state index in [0.717, 1.165) is 0 Å². The first-order valence-corrected chi connectivity index (χ1v) is 2.68. The molecule has 0 aliphatic rings. The largest absolute Gasteiger partial charge is 0.544 e. The summed E-state index contributed by atoms with van der Waals surface area (Å²) < 4.78 is 0.419. The van der Waals surface area contributed by atoms with Gasteiger partial charge in [0.05, 0.1) is 27.1 Å². The van der Waals surface area contributed by atoms with Gasteiger partial charge in [0, 0.05) is 0 Å². The molecule has 5 nitrogen and oxygen atoms in total. The molecule has 0 aromatic rings. The quantitative estimate of drug-likeness (QED) is 0.345. The Morgan fingerprint density at radius 3 is 1.80 bits per heavy atom. The standard InChI is InChI=1S/C5H11NO2.H3NO/c1-6(2,3)4-5(7)8;1-2/h4H2,1-3H3;2H,1H2. The number of hydrogen-bond acceptors (Lipinski definition) is 4. The van der Waals surface area contributed by atoms with E-state index in [1.807, 2.05) is 0 Å². The van der Waals surface area contributed by atoms with Crippen molar-refractivity contribution >= 4 is 5.97 Å². The molecular weight excluding hydrogens is 136 g/mol. The predicted octanol–water partition coefficient (Wildman–Crippen LogP) is -2.22. The van der Waals surface area contributed by atoms with Gasteiger partial charge in [-0.1, -0.05) is 0 Å². The number of hydrogen-bond donors (Lipinski definition) is 2. The van der Waals surface area contributed by atoms with Crippen LogP contribution in [0.5, 0.6) is 0 Å². The first-order chi connectivity index (χ1) is 4.42. The topological polar surface area (TPSA) is 86.4 Å². The lowest BCUT2D eigenvalue weighted by molar-refractivity contribution is -0.864. The molecule has 62 valence electrons. The van der Waals surface area contributed by atoms with Crippen molar-refractivity contribution in [2.45, 2.75) is 0 Å². The number of rotatable bonds is 2. The summed E-state index contributed by atoms with van der Waals surface area (Å²) in [5, 5.41) is 16.4. The van der Waals surface area contributed by atoms with Gasteiger partial charge in [-0.3, -0.25) is 0 Å². The molecule has 0 fully saturated rings. The van der Waals surface area contributed by atoms with E-state index >= 15 is 0 Å². The number of aliphatic carboxylic acids is 1. The lowest BCUT2D eigenvalue weighted by Gasteiger charge is -2.23. The maximum absolute atomic E-state index is 9.89. The molecule has 0 rings (SSSR count). The Kier molecular flexibility index (Phi) is 6.23. The monoisotopic (exact) mass is 150 g/mol. The van der Waals surface area contributed by atoms with Gasteiger partial charge in [0.2, 0.25) is 0 Å². The van der Waals surface area contributed by atoms with Crippen molar-refractivity contribution in [1.82, 2.24) is 0 Å². The van der Waals surface area contributed by atoms with E-state index in [4.69, 9.17) is 5.21 Å². The van der Waals surface area contributed by atoms with Gasteiger partial charge in [0.25, 0.3) is 0 Å². The number of carbonyl (C=O) groups excluding carboxylic acids is 1. The first kappa shape index (κ1) is 12.1. The van der Waals surface area contributed by atoms with Crippen LogP contribution in [0.2, 0.25) is 0 Å². The van der Waals surface area contributed by atoms with Crippen molar-refractivity contribution in [3.8, 4) is 0 Å². The summed E-state index contributed by atoms with van der Waals surface area (Å²) in [5.74, 6) is 2.50. The Labute approximate surface area is 60.2 Å². The van der Waals surface area contributed by atoms with Crippen LogP contribution in [0, 0.1) is 0 Å². The maximum atomic E-state index is 9.89. The molecule has 0 heterocycles. The second-order valence-corrected chi connectivity index (χ2v) is 2.82. The Morgan fingerprint density at radius 2 is 1.80 bits per heavy atom. The number of likely N-dealkylation sites (N-methyl/N-ethyl adjacent to an activating group) is 1. The zero-order valence-electron chi connectivity index (χ0n) is 6.50. The highest BCUT2D eigenvalue weighted by Gasteiger charge is 2.04. The molecule has 0 amide bonds. The minimum Gasteiger partial charge on any atom is -0.544 e. The van der Waals surface area contributed by atoms with Crippen molar-refractivity contribution in [3.63, 3.8) is 0 Å². The van der Waals surface area contributed by atoms with Crippen molar-refractivity contribution in [2.24, 2.45) is 5.90 Å². The van der Waals surface area contributed by atoms with Gasteiger partial charge >= 0.3 is 0 Å². The van der Waals surface area contributed by atoms with Crippen LogP contribution in [0.25, 0.3) is 0 Å². The van der Waals surface area contributed by atoms with Crippen molar-refractivity contribution < 1.29 is 19.6 Å². The molecular formula is C5H14N2O3. The number of nitrogens with two attached hydrogens (primary N) is 1. The van der Waals surface area contributed by atoms with E-state index in [0.29, 0.717) is 4.48 Å². The molecule has 5 heteroatoms. The van der Waals surface area contributed by atoms with Gasteiger partial charge in [0.15, 0.2) is 0 Å². The van der Waals surface area contributed by atoms with Crippen LogP contribution in [-0.2, 0) is 4.79 Å². The van der Waals surface area contributed by atoms with Crippen molar-refractivity contribution in [2.75, 3.05) is 27.7 Å². The Hall–Kier alpha value is -0.650. The maximum Gasteiger partial charge on any atom is 0.118 e. The molecule has 0 atom stereocenters. The lowest BCUT2D eigenvalue weighted by Crippen LogP contribution is -2.45. The minimum atomic E-state index is -1.00. The van der Waals surface area contributed by atoms with Crippen molar-refractivity contribution in [1.29, 1.82) is 0 Å². The van der Waals surface area contributed by atoms with E-state index in [1.54, 1.807) is 21.1 Å². The normalized spacial score (nSPS) is 9.70. The molecule has 0 aliphatic heterocycles. The number of carbonyl (C=O) groups is 1. The Bertz CT molecular complexity index is 97.6. The highest BCUT2D eigenvalue weighted by Crippen LogP contribution is 1.84. The third kappa shape index (κ3) is 15.7. The third-order valence-electron chi connectivity index (χ3n) is 0.603. The van der Waals surface area contributed by atoms with Gasteiger partial charge in [-0.25, -0.2) is 5.90 Å². The van der Waals surface area contributed by atoms with Gasteiger partial charge in [-0.2, -0.15) is 0 Å². The number of carboxylic acids is 1. The number of nitrogens with zero attached hydrogens (tertiary/aromatic N) is 1. The zero-order chi connectivity index (χ0) is 8.78. The van der Waals surface area contributed by atoms with Gasteiger partial charge in [-0.15, -0.1) is 0 Å². The molecule has 0 bridgehead atoms. The molecule has 0 spiro atoms. The Morgan fingerprint density at radius 1 is 1.50 bits per heavy atom. The Balaban J connectivity index is 0. The van der Waals surface area contributed by atoms with E-state index in [-0.39, 0.29) is 6.54 Å². The third-order valence-corrected chi connectivity index (χ3v) is 0.603. The number of carboxylic acid groups (broad SMARTS) is 1. The van der Waals surface area contributed by atoms with E-state index in [9.17, 15) is 9.90 Å². The number of quaternary nitrogens is 1. The predicted molar refractivity (Wildman–Crippen MR) is 33.9 cm³/mol. The fourth-order valence-corrected chi connectivity index (χ4v) is 0.387. The van der Waals surface area contributed by atoms with Crippen LogP contribution >= 0.6 is 0 Å². The SMILES string of the molecule is C[N+](C)(C)CC(=O)[O-].NO. The smallest absolute Gasteiger partial charge is 0.118 e. The molecule has 0 saturated carbocycles. The van der Waals surface area contributed by atoms with E-state index in [2.05, 4.69) is 5.90 Å². The van der Waals surface area contributed by atoms with Crippen LogP contribution in [0.3, 0.4) is 0 Å². The second-order valence-electron chi connectivity index (χ2n) is 2.82. The summed E-state index contributed by atoms with van der Waals surface area (Å²) in [6, 6.07) is 0. The fourth-order valence-electron chi connectivity index (χ4n) is 0.387. The summed E-state index contributed by atoms with van der Waals surface area (Å²) in [4.78, 5) is 9.89. The molecule has 10 heavy (non-hydrogen) atoms. The molecule has 0 saturated heterocycles.